The summed E-state index contributed by atoms with van der Waals surface area (Å²) in [4.78, 5) is 27.5. The van der Waals surface area contributed by atoms with Gasteiger partial charge in [0.15, 0.2) is 5.13 Å². The van der Waals surface area contributed by atoms with Crippen molar-refractivity contribution in [1.82, 2.24) is 10.3 Å². The zero-order valence-electron chi connectivity index (χ0n) is 14.4. The van der Waals surface area contributed by atoms with Crippen LogP contribution in [0.25, 0.3) is 0 Å². The lowest BCUT2D eigenvalue weighted by Crippen LogP contribution is -2.39. The number of carbonyl (C=O) groups excluding carboxylic acids is 1. The number of thiazole rings is 1. The van der Waals surface area contributed by atoms with Gasteiger partial charge in [-0.3, -0.25) is 10.1 Å². The standard InChI is InChI=1S/C18H23N3O3S/c1-12(2)15-11-25-18(20-15)21-17(24)19-14(8-9-16(22)23)10-13-6-4-3-5-7-13/h3-7,11-12,14H,8-10H2,1-2H3,(H,22,23)(H2,19,20,21,24). The number of nitrogens with one attached hydrogen (secondary N) is 2. The van der Waals surface area contributed by atoms with Crippen LogP contribution in [0.15, 0.2) is 35.7 Å². The Morgan fingerprint density at radius 1 is 1.24 bits per heavy atom. The third-order valence-corrected chi connectivity index (χ3v) is 4.48. The molecule has 2 aromatic rings. The Balaban J connectivity index is 1.96. The third kappa shape index (κ3) is 6.54. The number of carboxylic acid groups (broad SMARTS) is 1. The summed E-state index contributed by atoms with van der Waals surface area (Å²) in [7, 11) is 0. The number of nitrogens with zero attached hydrogens (tertiary/aromatic N) is 1. The van der Waals surface area contributed by atoms with Crippen LogP contribution in [0, 0.1) is 0 Å². The van der Waals surface area contributed by atoms with Gasteiger partial charge in [0, 0.05) is 17.8 Å². The first-order valence-electron chi connectivity index (χ1n) is 8.22. The SMILES string of the molecule is CC(C)c1csc(NC(=O)NC(CCC(=O)O)Cc2ccccc2)n1. The van der Waals surface area contributed by atoms with Crippen molar-refractivity contribution in [2.75, 3.05) is 5.32 Å². The van der Waals surface area contributed by atoms with Crippen LogP contribution in [0.5, 0.6) is 0 Å². The minimum absolute atomic E-state index is 0.00648. The predicted molar refractivity (Wildman–Crippen MR) is 99.2 cm³/mol. The maximum absolute atomic E-state index is 12.2. The van der Waals surface area contributed by atoms with Gasteiger partial charge >= 0.3 is 12.0 Å². The van der Waals surface area contributed by atoms with Gasteiger partial charge < -0.3 is 10.4 Å². The number of benzene rings is 1. The first-order chi connectivity index (χ1) is 11.9. The topological polar surface area (TPSA) is 91.3 Å². The lowest BCUT2D eigenvalue weighted by Gasteiger charge is -2.18. The number of anilines is 1. The Morgan fingerprint density at radius 3 is 2.56 bits per heavy atom. The predicted octanol–water partition coefficient (Wildman–Crippen LogP) is 3.86. The average Bonchev–Trinajstić information content (AvgIpc) is 3.02. The summed E-state index contributed by atoms with van der Waals surface area (Å²) in [5.41, 5.74) is 1.99. The highest BCUT2D eigenvalue weighted by atomic mass is 32.1. The molecule has 0 radical (unpaired) electrons. The van der Waals surface area contributed by atoms with Crippen molar-refractivity contribution in [3.63, 3.8) is 0 Å². The largest absolute Gasteiger partial charge is 0.481 e. The molecule has 0 saturated heterocycles. The van der Waals surface area contributed by atoms with Crippen molar-refractivity contribution in [1.29, 1.82) is 0 Å². The van der Waals surface area contributed by atoms with E-state index in [0.717, 1.165) is 11.3 Å². The second-order valence-electron chi connectivity index (χ2n) is 6.15. The van der Waals surface area contributed by atoms with Gasteiger partial charge in [0.25, 0.3) is 0 Å². The van der Waals surface area contributed by atoms with Crippen molar-refractivity contribution in [3.05, 3.63) is 47.0 Å². The number of aliphatic carboxylic acids is 1. The van der Waals surface area contributed by atoms with Gasteiger partial charge in [-0.25, -0.2) is 9.78 Å². The second kappa shape index (κ2) is 9.17. The number of urea groups is 1. The van der Waals surface area contributed by atoms with E-state index in [1.807, 2.05) is 49.6 Å². The normalized spacial score (nSPS) is 12.0. The number of hydrogen-bond donors (Lipinski definition) is 3. The van der Waals surface area contributed by atoms with Crippen LogP contribution in [0.4, 0.5) is 9.93 Å². The minimum Gasteiger partial charge on any atom is -0.481 e. The smallest absolute Gasteiger partial charge is 0.321 e. The molecule has 0 saturated carbocycles. The Bertz CT molecular complexity index is 701. The molecule has 2 amide bonds. The molecule has 3 N–H and O–H groups in total. The monoisotopic (exact) mass is 361 g/mol. The Hall–Kier alpha value is -2.41. The van der Waals surface area contributed by atoms with Crippen LogP contribution in [0.1, 0.15) is 43.9 Å². The van der Waals surface area contributed by atoms with Gasteiger partial charge in [-0.2, -0.15) is 0 Å². The zero-order valence-corrected chi connectivity index (χ0v) is 15.2. The highest BCUT2D eigenvalue weighted by Gasteiger charge is 2.16. The summed E-state index contributed by atoms with van der Waals surface area (Å²) >= 11 is 1.38. The summed E-state index contributed by atoms with van der Waals surface area (Å²) in [6.45, 7) is 4.08. The Labute approximate surface area is 151 Å². The Kier molecular flexibility index (Phi) is 6.94. The van der Waals surface area contributed by atoms with E-state index in [1.54, 1.807) is 0 Å². The summed E-state index contributed by atoms with van der Waals surface area (Å²) in [6, 6.07) is 9.06. The van der Waals surface area contributed by atoms with E-state index in [4.69, 9.17) is 5.11 Å². The van der Waals surface area contributed by atoms with Crippen molar-refractivity contribution in [3.8, 4) is 0 Å². The molecule has 0 aliphatic heterocycles. The molecule has 0 aliphatic rings. The third-order valence-electron chi connectivity index (χ3n) is 3.70. The van der Waals surface area contributed by atoms with E-state index < -0.39 is 5.97 Å². The highest BCUT2D eigenvalue weighted by Crippen LogP contribution is 2.21. The van der Waals surface area contributed by atoms with Gasteiger partial charge in [-0.1, -0.05) is 44.2 Å². The molecule has 7 heteroatoms. The van der Waals surface area contributed by atoms with Crippen LogP contribution >= 0.6 is 11.3 Å². The van der Waals surface area contributed by atoms with Crippen molar-refractivity contribution in [2.45, 2.75) is 45.1 Å². The molecule has 0 bridgehead atoms. The summed E-state index contributed by atoms with van der Waals surface area (Å²) < 4.78 is 0. The number of amides is 2. The zero-order chi connectivity index (χ0) is 18.2. The molecule has 0 aliphatic carbocycles. The molecule has 6 nitrogen and oxygen atoms in total. The average molecular weight is 361 g/mol. The number of aromatic nitrogens is 1. The maximum Gasteiger partial charge on any atom is 0.321 e. The lowest BCUT2D eigenvalue weighted by molar-refractivity contribution is -0.137. The number of rotatable bonds is 8. The van der Waals surface area contributed by atoms with Gasteiger partial charge in [-0.05, 0) is 24.3 Å². The molecule has 25 heavy (non-hydrogen) atoms. The van der Waals surface area contributed by atoms with Crippen molar-refractivity contribution in [2.24, 2.45) is 0 Å². The Morgan fingerprint density at radius 2 is 1.96 bits per heavy atom. The fraction of sp³-hybridized carbons (Fsp3) is 0.389. The van der Waals surface area contributed by atoms with Gasteiger partial charge in [0.2, 0.25) is 0 Å². The molecule has 1 atom stereocenters. The molecule has 134 valence electrons. The van der Waals surface area contributed by atoms with Crippen LogP contribution < -0.4 is 10.6 Å². The van der Waals surface area contributed by atoms with E-state index >= 15 is 0 Å². The highest BCUT2D eigenvalue weighted by molar-refractivity contribution is 7.13. The maximum atomic E-state index is 12.2. The van der Waals surface area contributed by atoms with Crippen molar-refractivity contribution >= 4 is 28.5 Å². The fourth-order valence-electron chi connectivity index (χ4n) is 2.35. The first kappa shape index (κ1) is 18.9. The van der Waals surface area contributed by atoms with Gasteiger partial charge in [-0.15, -0.1) is 11.3 Å². The van der Waals surface area contributed by atoms with Crippen molar-refractivity contribution < 1.29 is 14.7 Å². The van der Waals surface area contributed by atoms with E-state index in [-0.39, 0.29) is 18.5 Å². The van der Waals surface area contributed by atoms with Gasteiger partial charge in [0.1, 0.15) is 0 Å². The first-order valence-corrected chi connectivity index (χ1v) is 9.10. The van der Waals surface area contributed by atoms with Crippen LogP contribution in [0.3, 0.4) is 0 Å². The molecule has 2 rings (SSSR count). The lowest BCUT2D eigenvalue weighted by atomic mass is 10.0. The molecule has 1 aromatic heterocycles. The van der Waals surface area contributed by atoms with E-state index in [2.05, 4.69) is 15.6 Å². The van der Waals surface area contributed by atoms with Crippen LogP contribution in [-0.4, -0.2) is 28.1 Å². The minimum atomic E-state index is -0.873. The van der Waals surface area contributed by atoms with E-state index in [1.165, 1.54) is 11.3 Å². The van der Waals surface area contributed by atoms with Crippen LogP contribution in [-0.2, 0) is 11.2 Å². The van der Waals surface area contributed by atoms with E-state index in [0.29, 0.717) is 23.9 Å². The van der Waals surface area contributed by atoms with Crippen LogP contribution in [0.2, 0.25) is 0 Å². The number of hydrogen-bond acceptors (Lipinski definition) is 4. The summed E-state index contributed by atoms with van der Waals surface area (Å²) in [5.74, 6) is -0.571. The molecular weight excluding hydrogens is 338 g/mol. The molecule has 1 unspecified atom stereocenters. The fourth-order valence-corrected chi connectivity index (χ4v) is 3.22. The van der Waals surface area contributed by atoms with E-state index in [9.17, 15) is 9.59 Å². The molecule has 0 spiro atoms. The number of carbonyl (C=O) groups is 2. The van der Waals surface area contributed by atoms with Gasteiger partial charge in [0.05, 0.1) is 5.69 Å². The number of carboxylic acids is 1. The summed E-state index contributed by atoms with van der Waals surface area (Å²) in [6.07, 6.45) is 0.954. The quantitative estimate of drug-likeness (QED) is 0.666. The molecular formula is C18H23N3O3S. The molecule has 1 heterocycles. The summed E-state index contributed by atoms with van der Waals surface area (Å²) in [5, 5.41) is 17.0. The molecule has 0 fully saturated rings. The molecule has 1 aromatic carbocycles. The second-order valence-corrected chi connectivity index (χ2v) is 7.01.